The van der Waals surface area contributed by atoms with Crippen molar-refractivity contribution in [2.75, 3.05) is 14.2 Å². The van der Waals surface area contributed by atoms with Crippen molar-refractivity contribution < 1.29 is 19.2 Å². The lowest BCUT2D eigenvalue weighted by Crippen LogP contribution is -2.20. The molecule has 1 aromatic heterocycles. The lowest BCUT2D eigenvalue weighted by molar-refractivity contribution is -0.132. The number of hydrogen-bond acceptors (Lipinski definition) is 7. The number of benzene rings is 1. The Labute approximate surface area is 164 Å². The van der Waals surface area contributed by atoms with Crippen LogP contribution < -0.4 is 0 Å². The third kappa shape index (κ3) is 4.95. The first-order chi connectivity index (χ1) is 13.5. The van der Waals surface area contributed by atoms with E-state index in [0.29, 0.717) is 22.5 Å². The van der Waals surface area contributed by atoms with Crippen molar-refractivity contribution in [1.82, 2.24) is 4.98 Å². The maximum absolute atomic E-state index is 12.1. The number of oxime groups is 2. The Bertz CT molecular complexity index is 958. The fraction of sp³-hybridized carbons (Fsp3) is 0.238. The van der Waals surface area contributed by atoms with Crippen molar-refractivity contribution in [2.24, 2.45) is 10.3 Å². The summed E-state index contributed by atoms with van der Waals surface area (Å²) < 4.78 is 4.79. The average molecular weight is 379 g/mol. The van der Waals surface area contributed by atoms with E-state index in [1.54, 1.807) is 31.3 Å². The van der Waals surface area contributed by atoms with E-state index in [1.165, 1.54) is 14.2 Å². The number of ether oxygens (including phenoxy) is 1. The van der Waals surface area contributed by atoms with Gasteiger partial charge in [-0.1, -0.05) is 34.4 Å². The Balaban J connectivity index is 2.28. The molecule has 7 nitrogen and oxygen atoms in total. The molecular weight excluding hydrogens is 358 g/mol. The highest BCUT2D eigenvalue weighted by atomic mass is 16.6. The molecule has 0 saturated heterocycles. The molecule has 0 N–H and O–H groups in total. The number of pyridine rings is 1. The monoisotopic (exact) mass is 379 g/mol. The van der Waals surface area contributed by atoms with E-state index in [-0.39, 0.29) is 12.3 Å². The number of nitrogens with zero attached hydrogens (tertiary/aromatic N) is 3. The van der Waals surface area contributed by atoms with Crippen LogP contribution in [0.3, 0.4) is 0 Å². The minimum Gasteiger partial charge on any atom is -0.464 e. The van der Waals surface area contributed by atoms with E-state index in [0.717, 1.165) is 11.1 Å². The molecule has 0 aliphatic carbocycles. The van der Waals surface area contributed by atoms with Gasteiger partial charge in [-0.15, -0.1) is 6.42 Å². The van der Waals surface area contributed by atoms with Crippen molar-refractivity contribution in [2.45, 2.75) is 20.5 Å². The van der Waals surface area contributed by atoms with Crippen LogP contribution in [0.1, 0.15) is 34.9 Å². The molecule has 0 saturated carbocycles. The van der Waals surface area contributed by atoms with Crippen LogP contribution in [0.2, 0.25) is 0 Å². The number of carbonyl (C=O) groups is 1. The van der Waals surface area contributed by atoms with Crippen molar-refractivity contribution in [3.63, 3.8) is 0 Å². The van der Waals surface area contributed by atoms with E-state index in [2.05, 4.69) is 21.2 Å². The summed E-state index contributed by atoms with van der Waals surface area (Å²) in [5.41, 5.74) is 4.16. The topological polar surface area (TPSA) is 82.4 Å². The molecule has 2 aromatic rings. The summed E-state index contributed by atoms with van der Waals surface area (Å²) in [6.07, 6.45) is 7.03. The first-order valence-corrected chi connectivity index (χ1v) is 8.39. The van der Waals surface area contributed by atoms with Crippen LogP contribution in [0.5, 0.6) is 0 Å². The summed E-state index contributed by atoms with van der Waals surface area (Å²) in [4.78, 5) is 26.6. The average Bonchev–Trinajstić information content (AvgIpc) is 2.72. The maximum atomic E-state index is 12.1. The fourth-order valence-electron chi connectivity index (χ4n) is 2.46. The zero-order chi connectivity index (χ0) is 20.5. The van der Waals surface area contributed by atoms with Gasteiger partial charge in [0.2, 0.25) is 0 Å². The third-order valence-electron chi connectivity index (χ3n) is 3.93. The fourth-order valence-corrected chi connectivity index (χ4v) is 2.46. The summed E-state index contributed by atoms with van der Waals surface area (Å²) in [5, 5.41) is 7.91. The highest BCUT2D eigenvalue weighted by Gasteiger charge is 2.20. The van der Waals surface area contributed by atoms with Gasteiger partial charge in [0.15, 0.2) is 5.71 Å². The van der Waals surface area contributed by atoms with Gasteiger partial charge in [0.05, 0.1) is 12.8 Å². The van der Waals surface area contributed by atoms with Gasteiger partial charge < -0.3 is 14.4 Å². The van der Waals surface area contributed by atoms with Gasteiger partial charge in [-0.25, -0.2) is 4.79 Å². The quantitative estimate of drug-likeness (QED) is 0.320. The molecule has 1 heterocycles. The van der Waals surface area contributed by atoms with Crippen LogP contribution in [0, 0.1) is 19.3 Å². The Morgan fingerprint density at radius 3 is 2.71 bits per heavy atom. The van der Waals surface area contributed by atoms with Crippen LogP contribution in [-0.4, -0.2) is 36.6 Å². The largest absolute Gasteiger partial charge is 0.464 e. The number of esters is 1. The first-order valence-electron chi connectivity index (χ1n) is 8.39. The smallest absolute Gasteiger partial charge is 0.360 e. The Morgan fingerprint density at radius 2 is 2.04 bits per heavy atom. The van der Waals surface area contributed by atoms with E-state index in [1.807, 2.05) is 19.1 Å². The number of aromatic nitrogens is 1. The van der Waals surface area contributed by atoms with Gasteiger partial charge in [-0.3, -0.25) is 4.98 Å². The molecule has 1 aromatic carbocycles. The van der Waals surface area contributed by atoms with Gasteiger partial charge >= 0.3 is 5.97 Å². The minimum absolute atomic E-state index is 0.0522. The normalized spacial score (nSPS) is 11.5. The molecule has 7 heteroatoms. The molecule has 0 bridgehead atoms. The zero-order valence-corrected chi connectivity index (χ0v) is 16.2. The zero-order valence-electron chi connectivity index (χ0n) is 16.2. The van der Waals surface area contributed by atoms with Gasteiger partial charge in [0.25, 0.3) is 0 Å². The molecule has 2 rings (SSSR count). The molecule has 0 radical (unpaired) electrons. The van der Waals surface area contributed by atoms with E-state index in [4.69, 9.17) is 20.8 Å². The van der Waals surface area contributed by atoms with Gasteiger partial charge in [-0.2, -0.15) is 0 Å². The second kappa shape index (κ2) is 9.88. The van der Waals surface area contributed by atoms with Gasteiger partial charge in [-0.05, 0) is 31.5 Å². The highest BCUT2D eigenvalue weighted by Crippen LogP contribution is 2.18. The van der Waals surface area contributed by atoms with E-state index in [9.17, 15) is 4.79 Å². The number of rotatable bonds is 7. The van der Waals surface area contributed by atoms with E-state index < -0.39 is 5.97 Å². The van der Waals surface area contributed by atoms with Crippen molar-refractivity contribution in [1.29, 1.82) is 0 Å². The first kappa shape index (κ1) is 20.6. The Hall–Kier alpha value is -3.66. The molecular formula is C21H21N3O4. The van der Waals surface area contributed by atoms with Crippen LogP contribution in [0.4, 0.5) is 0 Å². The number of aryl methyl sites for hydroxylation is 1. The van der Waals surface area contributed by atoms with Crippen molar-refractivity contribution >= 4 is 17.4 Å². The highest BCUT2D eigenvalue weighted by molar-refractivity contribution is 6.43. The van der Waals surface area contributed by atoms with Crippen LogP contribution in [0.25, 0.3) is 0 Å². The second-order valence-corrected chi connectivity index (χ2v) is 5.74. The van der Waals surface area contributed by atoms with Crippen LogP contribution in [0.15, 0.2) is 46.8 Å². The summed E-state index contributed by atoms with van der Waals surface area (Å²) in [6, 6.07) is 8.95. The molecule has 0 aliphatic heterocycles. The summed E-state index contributed by atoms with van der Waals surface area (Å²) >= 11 is 0. The molecule has 28 heavy (non-hydrogen) atoms. The molecule has 0 amide bonds. The summed E-state index contributed by atoms with van der Waals surface area (Å²) in [6.45, 7) is 3.79. The Morgan fingerprint density at radius 1 is 1.25 bits per heavy atom. The standard InChI is InChI=1S/C21H21N3O4/c1-6-16-10-11-22-19(12-16)15(3)23-28-13-18-14(2)8-7-9-17(18)20(24-27-5)21(25)26-4/h1,7-12H,13H2,2-5H3/b23-15+,24-20+. The lowest BCUT2D eigenvalue weighted by atomic mass is 9.99. The van der Waals surface area contributed by atoms with E-state index >= 15 is 0 Å². The molecule has 144 valence electrons. The maximum Gasteiger partial charge on any atom is 0.360 e. The predicted octanol–water partition coefficient (Wildman–Crippen LogP) is 2.84. The minimum atomic E-state index is -0.608. The molecule has 0 atom stereocenters. The summed E-state index contributed by atoms with van der Waals surface area (Å²) in [5.74, 6) is 1.95. The molecule has 0 unspecified atom stereocenters. The van der Waals surface area contributed by atoms with Crippen LogP contribution >= 0.6 is 0 Å². The Kier molecular flexibility index (Phi) is 7.28. The third-order valence-corrected chi connectivity index (χ3v) is 3.93. The lowest BCUT2D eigenvalue weighted by Gasteiger charge is -2.12. The summed E-state index contributed by atoms with van der Waals surface area (Å²) in [7, 11) is 2.64. The van der Waals surface area contributed by atoms with Crippen molar-refractivity contribution in [3.8, 4) is 12.3 Å². The predicted molar refractivity (Wildman–Crippen MR) is 106 cm³/mol. The number of carbonyl (C=O) groups excluding carboxylic acids is 1. The number of methoxy groups -OCH3 is 1. The SMILES string of the molecule is C#Cc1ccnc(/C(C)=N/OCc2c(C)cccc2/C(=N\OC)C(=O)OC)c1. The molecule has 0 fully saturated rings. The van der Waals surface area contributed by atoms with Gasteiger partial charge in [0.1, 0.15) is 19.4 Å². The number of hydrogen-bond donors (Lipinski definition) is 0. The molecule has 0 aliphatic rings. The molecule has 0 spiro atoms. The van der Waals surface area contributed by atoms with Crippen molar-refractivity contribution in [3.05, 3.63) is 64.5 Å². The van der Waals surface area contributed by atoms with Gasteiger partial charge in [0, 0.05) is 22.9 Å². The second-order valence-electron chi connectivity index (χ2n) is 5.74. The number of terminal acetylenes is 1. The van der Waals surface area contributed by atoms with Crippen LogP contribution in [-0.2, 0) is 25.8 Å².